The minimum atomic E-state index is -0.692. The number of nitrogens with zero attached hydrogens (tertiary/aromatic N) is 1. The lowest BCUT2D eigenvalue weighted by Crippen LogP contribution is -2.37. The number of ether oxygens (including phenoxy) is 1. The number of piperidine rings is 1. The van der Waals surface area contributed by atoms with Gasteiger partial charge in [-0.05, 0) is 37.8 Å². The Morgan fingerprint density at radius 3 is 2.57 bits per heavy atom. The van der Waals surface area contributed by atoms with E-state index in [0.717, 1.165) is 45.3 Å². The summed E-state index contributed by atoms with van der Waals surface area (Å²) in [5, 5.41) is 8.61. The molecule has 1 fully saturated rings. The van der Waals surface area contributed by atoms with E-state index >= 15 is 0 Å². The lowest BCUT2D eigenvalue weighted by molar-refractivity contribution is -0.137. The summed E-state index contributed by atoms with van der Waals surface area (Å²) in [5.74, 6) is -0.692. The Morgan fingerprint density at radius 1 is 1.19 bits per heavy atom. The van der Waals surface area contributed by atoms with E-state index in [0.29, 0.717) is 12.7 Å². The van der Waals surface area contributed by atoms with Crippen molar-refractivity contribution in [2.24, 2.45) is 0 Å². The molecular formula is C17H25NO3. The molecule has 1 aliphatic heterocycles. The molecular weight excluding hydrogens is 266 g/mol. The number of carbonyl (C=O) groups is 1. The number of aliphatic carboxylic acids is 1. The fraction of sp³-hybridized carbons (Fsp3) is 0.588. The highest BCUT2D eigenvalue weighted by molar-refractivity contribution is 5.66. The van der Waals surface area contributed by atoms with Gasteiger partial charge in [-0.15, -0.1) is 0 Å². The van der Waals surface area contributed by atoms with Crippen LogP contribution in [-0.4, -0.2) is 41.7 Å². The summed E-state index contributed by atoms with van der Waals surface area (Å²) in [7, 11) is 0. The monoisotopic (exact) mass is 291 g/mol. The van der Waals surface area contributed by atoms with E-state index in [4.69, 9.17) is 9.84 Å². The first-order chi connectivity index (χ1) is 10.2. The molecule has 21 heavy (non-hydrogen) atoms. The summed E-state index contributed by atoms with van der Waals surface area (Å²) in [6.07, 6.45) is 4.55. The molecule has 1 saturated heterocycles. The van der Waals surface area contributed by atoms with Crippen LogP contribution in [0.3, 0.4) is 0 Å². The molecule has 4 heteroatoms. The average molecular weight is 291 g/mol. The first-order valence-corrected chi connectivity index (χ1v) is 7.84. The van der Waals surface area contributed by atoms with Crippen LogP contribution in [0, 0.1) is 0 Å². The molecule has 0 amide bonds. The van der Waals surface area contributed by atoms with E-state index in [1.807, 2.05) is 18.2 Å². The van der Waals surface area contributed by atoms with Crippen molar-refractivity contribution in [3.05, 3.63) is 35.9 Å². The van der Waals surface area contributed by atoms with Crippen molar-refractivity contribution >= 4 is 5.97 Å². The summed E-state index contributed by atoms with van der Waals surface area (Å²) in [5.41, 5.74) is 1.23. The zero-order valence-electron chi connectivity index (χ0n) is 12.5. The highest BCUT2D eigenvalue weighted by atomic mass is 16.5. The topological polar surface area (TPSA) is 49.8 Å². The molecule has 0 radical (unpaired) electrons. The van der Waals surface area contributed by atoms with Gasteiger partial charge in [-0.25, -0.2) is 0 Å². The van der Waals surface area contributed by atoms with Gasteiger partial charge in [0, 0.05) is 19.5 Å². The fourth-order valence-corrected chi connectivity index (χ4v) is 2.70. The maximum atomic E-state index is 10.5. The van der Waals surface area contributed by atoms with Crippen LogP contribution in [-0.2, 0) is 16.1 Å². The summed E-state index contributed by atoms with van der Waals surface area (Å²) in [6, 6.07) is 10.3. The predicted molar refractivity (Wildman–Crippen MR) is 82.2 cm³/mol. The summed E-state index contributed by atoms with van der Waals surface area (Å²) < 4.78 is 5.97. The molecule has 1 aromatic carbocycles. The van der Waals surface area contributed by atoms with Crippen molar-refractivity contribution in [1.29, 1.82) is 0 Å². The van der Waals surface area contributed by atoms with E-state index in [-0.39, 0.29) is 6.42 Å². The van der Waals surface area contributed by atoms with E-state index in [2.05, 4.69) is 17.0 Å². The zero-order chi connectivity index (χ0) is 14.9. The van der Waals surface area contributed by atoms with Gasteiger partial charge in [0.25, 0.3) is 0 Å². The van der Waals surface area contributed by atoms with Gasteiger partial charge >= 0.3 is 5.97 Å². The summed E-state index contributed by atoms with van der Waals surface area (Å²) in [4.78, 5) is 12.9. The van der Waals surface area contributed by atoms with Crippen LogP contribution >= 0.6 is 0 Å². The standard InChI is InChI=1S/C17H25NO3/c19-17(20)8-4-5-11-18-12-9-16(10-13-18)21-14-15-6-2-1-3-7-15/h1-3,6-7,16H,4-5,8-14H2,(H,19,20). The van der Waals surface area contributed by atoms with Crippen molar-refractivity contribution < 1.29 is 14.6 Å². The highest BCUT2D eigenvalue weighted by Crippen LogP contribution is 2.16. The van der Waals surface area contributed by atoms with Crippen LogP contribution in [0.5, 0.6) is 0 Å². The lowest BCUT2D eigenvalue weighted by atomic mass is 10.1. The summed E-state index contributed by atoms with van der Waals surface area (Å²) >= 11 is 0. The Hall–Kier alpha value is -1.39. The van der Waals surface area contributed by atoms with Crippen LogP contribution in [0.4, 0.5) is 0 Å². The van der Waals surface area contributed by atoms with Crippen LogP contribution in [0.25, 0.3) is 0 Å². The predicted octanol–water partition coefficient (Wildman–Crippen LogP) is 2.92. The number of carboxylic acids is 1. The van der Waals surface area contributed by atoms with Gasteiger partial charge < -0.3 is 14.7 Å². The SMILES string of the molecule is O=C(O)CCCCN1CCC(OCc2ccccc2)CC1. The molecule has 0 bridgehead atoms. The van der Waals surface area contributed by atoms with E-state index in [1.165, 1.54) is 5.56 Å². The Labute approximate surface area is 126 Å². The first kappa shape index (κ1) is 16.0. The zero-order valence-corrected chi connectivity index (χ0v) is 12.5. The Balaban J connectivity index is 1.57. The van der Waals surface area contributed by atoms with Crippen molar-refractivity contribution in [1.82, 2.24) is 4.90 Å². The molecule has 0 atom stereocenters. The van der Waals surface area contributed by atoms with Gasteiger partial charge in [-0.2, -0.15) is 0 Å². The van der Waals surface area contributed by atoms with Crippen LogP contribution in [0.2, 0.25) is 0 Å². The number of likely N-dealkylation sites (tertiary alicyclic amines) is 1. The van der Waals surface area contributed by atoms with Gasteiger partial charge in [-0.1, -0.05) is 30.3 Å². The molecule has 1 aliphatic rings. The normalized spacial score (nSPS) is 17.0. The highest BCUT2D eigenvalue weighted by Gasteiger charge is 2.19. The molecule has 116 valence electrons. The maximum absolute atomic E-state index is 10.5. The van der Waals surface area contributed by atoms with Gasteiger partial charge in [0.05, 0.1) is 12.7 Å². The van der Waals surface area contributed by atoms with Gasteiger partial charge in [-0.3, -0.25) is 4.79 Å². The number of rotatable bonds is 8. The molecule has 1 aromatic rings. The molecule has 1 N–H and O–H groups in total. The smallest absolute Gasteiger partial charge is 0.303 e. The second-order valence-corrected chi connectivity index (χ2v) is 5.69. The molecule has 4 nitrogen and oxygen atoms in total. The number of benzene rings is 1. The van der Waals surface area contributed by atoms with Crippen molar-refractivity contribution in [2.45, 2.75) is 44.8 Å². The van der Waals surface area contributed by atoms with Crippen molar-refractivity contribution in [3.8, 4) is 0 Å². The Morgan fingerprint density at radius 2 is 1.90 bits per heavy atom. The average Bonchev–Trinajstić information content (AvgIpc) is 2.51. The third-order valence-electron chi connectivity index (χ3n) is 3.98. The molecule has 1 heterocycles. The van der Waals surface area contributed by atoms with Gasteiger partial charge in [0.15, 0.2) is 0 Å². The van der Waals surface area contributed by atoms with Crippen molar-refractivity contribution in [2.75, 3.05) is 19.6 Å². The molecule has 2 rings (SSSR count). The van der Waals surface area contributed by atoms with Crippen LogP contribution in [0.1, 0.15) is 37.7 Å². The van der Waals surface area contributed by atoms with Crippen molar-refractivity contribution in [3.63, 3.8) is 0 Å². The first-order valence-electron chi connectivity index (χ1n) is 7.84. The molecule has 0 aliphatic carbocycles. The lowest BCUT2D eigenvalue weighted by Gasteiger charge is -2.31. The molecule has 0 saturated carbocycles. The Kier molecular flexibility index (Phi) is 6.70. The number of hydrogen-bond acceptors (Lipinski definition) is 3. The fourth-order valence-electron chi connectivity index (χ4n) is 2.70. The Bertz CT molecular complexity index is 413. The van der Waals surface area contributed by atoms with Gasteiger partial charge in [0.1, 0.15) is 0 Å². The second-order valence-electron chi connectivity index (χ2n) is 5.69. The number of hydrogen-bond donors (Lipinski definition) is 1. The minimum absolute atomic E-state index is 0.288. The number of carboxylic acid groups (broad SMARTS) is 1. The van der Waals surface area contributed by atoms with Gasteiger partial charge in [0.2, 0.25) is 0 Å². The molecule has 0 spiro atoms. The third kappa shape index (κ3) is 6.27. The second kappa shape index (κ2) is 8.80. The quantitative estimate of drug-likeness (QED) is 0.748. The van der Waals surface area contributed by atoms with Crippen LogP contribution in [0.15, 0.2) is 30.3 Å². The van der Waals surface area contributed by atoms with Crippen LogP contribution < -0.4 is 0 Å². The molecule has 0 aromatic heterocycles. The number of unbranched alkanes of at least 4 members (excludes halogenated alkanes) is 1. The maximum Gasteiger partial charge on any atom is 0.303 e. The minimum Gasteiger partial charge on any atom is -0.481 e. The largest absolute Gasteiger partial charge is 0.481 e. The van der Waals surface area contributed by atoms with E-state index < -0.39 is 5.97 Å². The molecule has 0 unspecified atom stereocenters. The third-order valence-corrected chi connectivity index (χ3v) is 3.98. The van der Waals surface area contributed by atoms with E-state index in [1.54, 1.807) is 0 Å². The van der Waals surface area contributed by atoms with E-state index in [9.17, 15) is 4.79 Å². The summed E-state index contributed by atoms with van der Waals surface area (Å²) in [6.45, 7) is 3.84.